The molecule has 5 heterocycles. The maximum atomic E-state index is 12.8. The number of fused-ring (bicyclic) bond motifs is 3. The summed E-state index contributed by atoms with van der Waals surface area (Å²) in [4.78, 5) is 26.1. The molecule has 0 saturated carbocycles. The Morgan fingerprint density at radius 1 is 1.19 bits per heavy atom. The SMILES string of the molecule is C=Cc1ccc(N2C3CCC2CN(C(=O)CCOCc2cccn4ncnc24)C3)nc1. The quantitative estimate of drug-likeness (QED) is 0.549. The molecule has 0 spiro atoms. The molecule has 31 heavy (non-hydrogen) atoms. The zero-order valence-corrected chi connectivity index (χ0v) is 17.4. The number of carbonyl (C=O) groups excluding carboxylic acids is 1. The normalized spacial score (nSPS) is 20.4. The van der Waals surface area contributed by atoms with Crippen molar-refractivity contribution >= 4 is 23.4 Å². The molecule has 8 nitrogen and oxygen atoms in total. The summed E-state index contributed by atoms with van der Waals surface area (Å²) in [5, 5.41) is 4.13. The van der Waals surface area contributed by atoms with E-state index < -0.39 is 0 Å². The second kappa shape index (κ2) is 8.47. The molecule has 2 saturated heterocycles. The first-order chi connectivity index (χ1) is 15.2. The van der Waals surface area contributed by atoms with Crippen molar-refractivity contribution in [1.29, 1.82) is 0 Å². The van der Waals surface area contributed by atoms with E-state index in [2.05, 4.69) is 32.6 Å². The number of aromatic nitrogens is 4. The number of pyridine rings is 2. The molecule has 0 aliphatic carbocycles. The van der Waals surface area contributed by atoms with Gasteiger partial charge >= 0.3 is 0 Å². The van der Waals surface area contributed by atoms with Gasteiger partial charge in [0, 0.05) is 43.1 Å². The van der Waals surface area contributed by atoms with Crippen LogP contribution < -0.4 is 4.90 Å². The Labute approximate surface area is 181 Å². The van der Waals surface area contributed by atoms with Gasteiger partial charge < -0.3 is 14.5 Å². The molecule has 3 aromatic rings. The number of rotatable bonds is 7. The monoisotopic (exact) mass is 418 g/mol. The van der Waals surface area contributed by atoms with Gasteiger partial charge in [0.25, 0.3) is 0 Å². The number of carbonyl (C=O) groups is 1. The highest BCUT2D eigenvalue weighted by atomic mass is 16.5. The lowest BCUT2D eigenvalue weighted by atomic mass is 10.1. The van der Waals surface area contributed by atoms with E-state index in [0.29, 0.717) is 31.7 Å². The summed E-state index contributed by atoms with van der Waals surface area (Å²) in [7, 11) is 0. The van der Waals surface area contributed by atoms with Crippen LogP contribution in [0, 0.1) is 0 Å². The fraction of sp³-hybridized carbons (Fsp3) is 0.391. The zero-order valence-electron chi connectivity index (χ0n) is 17.4. The topological polar surface area (TPSA) is 75.9 Å². The fourth-order valence-corrected chi connectivity index (χ4v) is 4.67. The Morgan fingerprint density at radius 2 is 2.03 bits per heavy atom. The van der Waals surface area contributed by atoms with Crippen molar-refractivity contribution in [3.63, 3.8) is 0 Å². The summed E-state index contributed by atoms with van der Waals surface area (Å²) in [5.41, 5.74) is 2.77. The van der Waals surface area contributed by atoms with Crippen LogP contribution in [0.4, 0.5) is 5.82 Å². The van der Waals surface area contributed by atoms with Gasteiger partial charge in [0.1, 0.15) is 12.1 Å². The molecule has 2 atom stereocenters. The Balaban J connectivity index is 1.14. The molecule has 2 unspecified atom stereocenters. The molecule has 8 heteroatoms. The van der Waals surface area contributed by atoms with Crippen LogP contribution in [0.1, 0.15) is 30.4 Å². The van der Waals surface area contributed by atoms with Gasteiger partial charge in [-0.05, 0) is 36.6 Å². The molecule has 1 amide bonds. The van der Waals surface area contributed by atoms with Crippen LogP contribution in [0.2, 0.25) is 0 Å². The van der Waals surface area contributed by atoms with E-state index >= 15 is 0 Å². The maximum Gasteiger partial charge on any atom is 0.225 e. The largest absolute Gasteiger partial charge is 0.376 e. The van der Waals surface area contributed by atoms with Crippen LogP contribution in [0.5, 0.6) is 0 Å². The minimum absolute atomic E-state index is 0.159. The number of nitrogens with zero attached hydrogens (tertiary/aromatic N) is 6. The number of amides is 1. The predicted molar refractivity (Wildman–Crippen MR) is 117 cm³/mol. The maximum absolute atomic E-state index is 12.8. The number of hydrogen-bond acceptors (Lipinski definition) is 6. The molecule has 0 N–H and O–H groups in total. The summed E-state index contributed by atoms with van der Waals surface area (Å²) < 4.78 is 7.50. The second-order valence-electron chi connectivity index (χ2n) is 8.11. The van der Waals surface area contributed by atoms with Crippen LogP contribution in [-0.2, 0) is 16.1 Å². The minimum atomic E-state index is 0.159. The van der Waals surface area contributed by atoms with Crippen molar-refractivity contribution in [2.45, 2.75) is 38.0 Å². The van der Waals surface area contributed by atoms with Gasteiger partial charge in [-0.25, -0.2) is 14.5 Å². The first-order valence-electron chi connectivity index (χ1n) is 10.7. The number of anilines is 1. The number of ether oxygens (including phenoxy) is 1. The van der Waals surface area contributed by atoms with E-state index in [9.17, 15) is 4.79 Å². The van der Waals surface area contributed by atoms with E-state index in [1.165, 1.54) is 6.33 Å². The summed E-state index contributed by atoms with van der Waals surface area (Å²) >= 11 is 0. The molecule has 2 fully saturated rings. The average Bonchev–Trinajstić information content (AvgIpc) is 3.39. The summed E-state index contributed by atoms with van der Waals surface area (Å²) in [6.45, 7) is 6.10. The summed E-state index contributed by atoms with van der Waals surface area (Å²) in [6, 6.07) is 8.65. The highest BCUT2D eigenvalue weighted by Gasteiger charge is 2.41. The Bertz CT molecular complexity index is 1070. The lowest BCUT2D eigenvalue weighted by molar-refractivity contribution is -0.133. The fourth-order valence-electron chi connectivity index (χ4n) is 4.67. The Kier molecular flexibility index (Phi) is 5.38. The minimum Gasteiger partial charge on any atom is -0.376 e. The Hall–Kier alpha value is -3.26. The van der Waals surface area contributed by atoms with Crippen molar-refractivity contribution in [3.8, 4) is 0 Å². The smallest absolute Gasteiger partial charge is 0.225 e. The predicted octanol–water partition coefficient (Wildman–Crippen LogP) is 2.55. The van der Waals surface area contributed by atoms with E-state index in [1.54, 1.807) is 10.6 Å². The molecule has 5 rings (SSSR count). The van der Waals surface area contributed by atoms with Crippen molar-refractivity contribution in [1.82, 2.24) is 24.5 Å². The lowest BCUT2D eigenvalue weighted by Crippen LogP contribution is -2.55. The van der Waals surface area contributed by atoms with Gasteiger partial charge in [-0.1, -0.05) is 18.7 Å². The van der Waals surface area contributed by atoms with Gasteiger partial charge in [0.05, 0.1) is 19.6 Å². The number of hydrogen-bond donors (Lipinski definition) is 0. The van der Waals surface area contributed by atoms with Crippen molar-refractivity contribution < 1.29 is 9.53 Å². The van der Waals surface area contributed by atoms with Crippen LogP contribution >= 0.6 is 0 Å². The third-order valence-corrected chi connectivity index (χ3v) is 6.21. The van der Waals surface area contributed by atoms with Crippen LogP contribution in [-0.4, -0.2) is 62.2 Å². The van der Waals surface area contributed by atoms with Crippen LogP contribution in [0.25, 0.3) is 11.7 Å². The zero-order chi connectivity index (χ0) is 21.2. The molecule has 160 valence electrons. The van der Waals surface area contributed by atoms with Gasteiger partial charge in [-0.2, -0.15) is 5.10 Å². The van der Waals surface area contributed by atoms with E-state index in [0.717, 1.165) is 48.5 Å². The van der Waals surface area contributed by atoms with Crippen molar-refractivity contribution in [2.75, 3.05) is 24.6 Å². The molecule has 2 aliphatic heterocycles. The molecule has 2 bridgehead atoms. The third-order valence-electron chi connectivity index (χ3n) is 6.21. The van der Waals surface area contributed by atoms with Crippen LogP contribution in [0.15, 0.2) is 49.6 Å². The van der Waals surface area contributed by atoms with Crippen molar-refractivity contribution in [3.05, 3.63) is 60.7 Å². The standard InChI is InChI=1S/C23H26N6O2/c1-2-17-5-8-21(24-12-17)29-19-6-7-20(29)14-27(13-19)22(30)9-11-31-15-18-4-3-10-28-23(18)25-16-26-28/h2-5,8,10,12,16,19-20H,1,6-7,9,11,13-15H2. The summed E-state index contributed by atoms with van der Waals surface area (Å²) in [5.74, 6) is 1.16. The molecule has 0 radical (unpaired) electrons. The molecular weight excluding hydrogens is 392 g/mol. The third kappa shape index (κ3) is 3.90. The average molecular weight is 419 g/mol. The van der Waals surface area contributed by atoms with E-state index in [-0.39, 0.29) is 5.91 Å². The molecule has 3 aromatic heterocycles. The van der Waals surface area contributed by atoms with Gasteiger partial charge in [-0.3, -0.25) is 4.79 Å². The number of likely N-dealkylation sites (tertiary alicyclic amines) is 1. The highest BCUT2D eigenvalue weighted by Crippen LogP contribution is 2.34. The van der Waals surface area contributed by atoms with E-state index in [1.807, 2.05) is 35.5 Å². The molecule has 2 aliphatic rings. The van der Waals surface area contributed by atoms with E-state index in [4.69, 9.17) is 4.74 Å². The van der Waals surface area contributed by atoms with Gasteiger partial charge in [-0.15, -0.1) is 0 Å². The van der Waals surface area contributed by atoms with Crippen LogP contribution in [0.3, 0.4) is 0 Å². The number of piperazine rings is 1. The van der Waals surface area contributed by atoms with Crippen molar-refractivity contribution in [2.24, 2.45) is 0 Å². The highest BCUT2D eigenvalue weighted by molar-refractivity contribution is 5.77. The lowest BCUT2D eigenvalue weighted by Gasteiger charge is -2.41. The summed E-state index contributed by atoms with van der Waals surface area (Å²) in [6.07, 6.45) is 9.62. The first kappa shape index (κ1) is 19.7. The van der Waals surface area contributed by atoms with Gasteiger partial charge in [0.15, 0.2) is 5.65 Å². The van der Waals surface area contributed by atoms with Gasteiger partial charge in [0.2, 0.25) is 5.91 Å². The Morgan fingerprint density at radius 3 is 2.77 bits per heavy atom. The first-order valence-corrected chi connectivity index (χ1v) is 10.7. The second-order valence-corrected chi connectivity index (χ2v) is 8.11. The molecule has 0 aromatic carbocycles. The molecular formula is C23H26N6O2.